The van der Waals surface area contributed by atoms with Crippen LogP contribution in [0.25, 0.3) is 22.3 Å². The molecule has 4 rings (SSSR count). The molecular formula is C22H11Br3F3N3O2. The van der Waals surface area contributed by atoms with Crippen molar-refractivity contribution in [3.8, 4) is 17.1 Å². The molecule has 1 heterocycles. The van der Waals surface area contributed by atoms with E-state index in [1.807, 2.05) is 0 Å². The molecule has 5 nitrogen and oxygen atoms in total. The van der Waals surface area contributed by atoms with Crippen molar-refractivity contribution in [3.05, 3.63) is 89.5 Å². The van der Waals surface area contributed by atoms with E-state index in [0.29, 0.717) is 24.5 Å². The first-order valence-corrected chi connectivity index (χ1v) is 11.6. The van der Waals surface area contributed by atoms with Gasteiger partial charge in [-0.05, 0) is 62.2 Å². The second-order valence-corrected chi connectivity index (χ2v) is 9.31. The minimum Gasteiger partial charge on any atom is -0.506 e. The van der Waals surface area contributed by atoms with E-state index in [-0.39, 0.29) is 22.5 Å². The quantitative estimate of drug-likeness (QED) is 0.245. The zero-order valence-electron chi connectivity index (χ0n) is 16.2. The van der Waals surface area contributed by atoms with Crippen molar-refractivity contribution in [2.75, 3.05) is 0 Å². The molecule has 0 unspecified atom stereocenters. The lowest BCUT2D eigenvalue weighted by molar-refractivity contribution is -0.137. The lowest BCUT2D eigenvalue weighted by Crippen LogP contribution is -2.20. The molecule has 0 amide bonds. The molecule has 0 bridgehead atoms. The Kier molecular flexibility index (Phi) is 6.47. The summed E-state index contributed by atoms with van der Waals surface area (Å²) >= 11 is 9.87. The van der Waals surface area contributed by atoms with Crippen LogP contribution in [0.5, 0.6) is 5.75 Å². The van der Waals surface area contributed by atoms with Gasteiger partial charge < -0.3 is 5.11 Å². The Morgan fingerprint density at radius 2 is 1.73 bits per heavy atom. The monoisotopic (exact) mass is 643 g/mol. The van der Waals surface area contributed by atoms with Crippen molar-refractivity contribution in [2.45, 2.75) is 6.18 Å². The van der Waals surface area contributed by atoms with E-state index in [2.05, 4.69) is 57.9 Å². The van der Waals surface area contributed by atoms with E-state index in [0.717, 1.165) is 16.8 Å². The second-order valence-electron chi connectivity index (χ2n) is 6.81. The van der Waals surface area contributed by atoms with Gasteiger partial charge in [0.1, 0.15) is 5.75 Å². The van der Waals surface area contributed by atoms with Gasteiger partial charge in [-0.1, -0.05) is 40.2 Å². The topological polar surface area (TPSA) is 67.5 Å². The number of para-hydroxylation sites is 1. The van der Waals surface area contributed by atoms with Crippen LogP contribution < -0.4 is 5.56 Å². The summed E-state index contributed by atoms with van der Waals surface area (Å²) < 4.78 is 42.1. The fourth-order valence-electron chi connectivity index (χ4n) is 3.08. The molecule has 0 saturated carbocycles. The number of nitrogens with zero attached hydrogens (tertiary/aromatic N) is 3. The third-order valence-electron chi connectivity index (χ3n) is 4.69. The molecule has 0 spiro atoms. The lowest BCUT2D eigenvalue weighted by atomic mass is 10.1. The van der Waals surface area contributed by atoms with Crippen LogP contribution >= 0.6 is 47.8 Å². The molecular weight excluding hydrogens is 635 g/mol. The third kappa shape index (κ3) is 4.62. The van der Waals surface area contributed by atoms with Crippen LogP contribution in [0, 0.1) is 0 Å². The first kappa shape index (κ1) is 23.7. The highest BCUT2D eigenvalue weighted by Gasteiger charge is 2.31. The van der Waals surface area contributed by atoms with Crippen molar-refractivity contribution < 1.29 is 18.3 Å². The van der Waals surface area contributed by atoms with Crippen molar-refractivity contribution in [2.24, 2.45) is 5.10 Å². The summed E-state index contributed by atoms with van der Waals surface area (Å²) in [6, 6.07) is 12.6. The first-order chi connectivity index (χ1) is 15.6. The number of halogens is 6. The number of hydrogen-bond acceptors (Lipinski definition) is 4. The molecule has 4 aromatic rings. The summed E-state index contributed by atoms with van der Waals surface area (Å²) in [6.45, 7) is 0. The number of fused-ring (bicyclic) bond motifs is 1. The van der Waals surface area contributed by atoms with Crippen LogP contribution in [0.1, 0.15) is 11.1 Å². The van der Waals surface area contributed by atoms with Gasteiger partial charge in [0.25, 0.3) is 5.56 Å². The van der Waals surface area contributed by atoms with E-state index in [4.69, 9.17) is 0 Å². The van der Waals surface area contributed by atoms with E-state index >= 15 is 0 Å². The van der Waals surface area contributed by atoms with Crippen LogP contribution in [0.15, 0.2) is 77.9 Å². The summed E-state index contributed by atoms with van der Waals surface area (Å²) in [5, 5.41) is 14.7. The number of aromatic hydroxyl groups is 1. The highest BCUT2D eigenvalue weighted by Crippen LogP contribution is 2.38. The van der Waals surface area contributed by atoms with Gasteiger partial charge in [0, 0.05) is 15.6 Å². The van der Waals surface area contributed by atoms with Crippen LogP contribution in [-0.2, 0) is 6.18 Å². The van der Waals surface area contributed by atoms with E-state index in [1.165, 1.54) is 18.3 Å². The molecule has 33 heavy (non-hydrogen) atoms. The molecule has 0 aliphatic heterocycles. The fourth-order valence-corrected chi connectivity index (χ4v) is 5.41. The van der Waals surface area contributed by atoms with Gasteiger partial charge >= 0.3 is 6.18 Å². The van der Waals surface area contributed by atoms with E-state index in [9.17, 15) is 23.1 Å². The molecule has 0 fully saturated rings. The largest absolute Gasteiger partial charge is 0.506 e. The standard InChI is InChI=1S/C22H11Br3F3N3O2/c23-15-9-16(24)19(32)18(25)14(15)10-29-31-20(11-4-3-5-12(8-11)22(26,27)28)30-17-7-2-1-6-13(17)21(31)33/h1-10,32H. The van der Waals surface area contributed by atoms with Gasteiger partial charge in [-0.2, -0.15) is 22.9 Å². The minimum atomic E-state index is -4.56. The number of benzene rings is 3. The molecule has 168 valence electrons. The number of alkyl halides is 3. The number of hydrogen-bond donors (Lipinski definition) is 1. The Hall–Kier alpha value is -2.50. The van der Waals surface area contributed by atoms with Crippen molar-refractivity contribution >= 4 is 64.9 Å². The zero-order valence-corrected chi connectivity index (χ0v) is 21.0. The van der Waals surface area contributed by atoms with Crippen LogP contribution in [0.2, 0.25) is 0 Å². The van der Waals surface area contributed by atoms with Gasteiger partial charge in [0.15, 0.2) is 5.82 Å². The molecule has 1 aromatic heterocycles. The van der Waals surface area contributed by atoms with Crippen LogP contribution in [0.3, 0.4) is 0 Å². The van der Waals surface area contributed by atoms with E-state index < -0.39 is 17.3 Å². The number of phenols is 1. The Morgan fingerprint density at radius 3 is 2.45 bits per heavy atom. The molecule has 3 aromatic carbocycles. The Morgan fingerprint density at radius 1 is 1.00 bits per heavy atom. The fraction of sp³-hybridized carbons (Fsp3) is 0.0455. The van der Waals surface area contributed by atoms with Crippen molar-refractivity contribution in [1.82, 2.24) is 9.66 Å². The smallest absolute Gasteiger partial charge is 0.416 e. The predicted molar refractivity (Wildman–Crippen MR) is 131 cm³/mol. The average molecular weight is 646 g/mol. The molecule has 0 aliphatic carbocycles. The number of aromatic nitrogens is 2. The van der Waals surface area contributed by atoms with Gasteiger partial charge in [0.2, 0.25) is 0 Å². The molecule has 0 aliphatic rings. The molecule has 0 radical (unpaired) electrons. The lowest BCUT2D eigenvalue weighted by Gasteiger charge is -2.12. The summed E-state index contributed by atoms with van der Waals surface area (Å²) in [5.41, 5.74) is -0.628. The second kappa shape index (κ2) is 9.03. The maximum absolute atomic E-state index is 13.3. The van der Waals surface area contributed by atoms with Crippen molar-refractivity contribution in [3.63, 3.8) is 0 Å². The molecule has 0 atom stereocenters. The maximum Gasteiger partial charge on any atom is 0.416 e. The Balaban J connectivity index is 1.98. The zero-order chi connectivity index (χ0) is 23.9. The number of rotatable bonds is 3. The molecule has 11 heteroatoms. The predicted octanol–water partition coefficient (Wildman–Crippen LogP) is 6.96. The third-order valence-corrected chi connectivity index (χ3v) is 6.75. The Bertz CT molecular complexity index is 1480. The minimum absolute atomic E-state index is 0.0605. The van der Waals surface area contributed by atoms with Crippen LogP contribution in [-0.4, -0.2) is 21.0 Å². The summed E-state index contributed by atoms with van der Waals surface area (Å²) in [4.78, 5) is 17.6. The van der Waals surface area contributed by atoms with Gasteiger partial charge in [-0.25, -0.2) is 4.98 Å². The van der Waals surface area contributed by atoms with Crippen LogP contribution in [0.4, 0.5) is 13.2 Å². The molecule has 1 N–H and O–H groups in total. The number of phenolic OH excluding ortho intramolecular Hbond substituents is 1. The average Bonchev–Trinajstić information content (AvgIpc) is 2.78. The SMILES string of the molecule is O=c1c2ccccc2nc(-c2cccc(C(F)(F)F)c2)n1N=Cc1c(Br)cc(Br)c(O)c1Br. The van der Waals surface area contributed by atoms with Crippen molar-refractivity contribution in [1.29, 1.82) is 0 Å². The van der Waals surface area contributed by atoms with Gasteiger partial charge in [-0.15, -0.1) is 0 Å². The highest BCUT2D eigenvalue weighted by atomic mass is 79.9. The first-order valence-electron chi connectivity index (χ1n) is 9.18. The normalized spacial score (nSPS) is 12.1. The van der Waals surface area contributed by atoms with Gasteiger partial charge in [0.05, 0.1) is 31.6 Å². The van der Waals surface area contributed by atoms with E-state index in [1.54, 1.807) is 30.3 Å². The summed E-state index contributed by atoms with van der Waals surface area (Å²) in [7, 11) is 0. The molecule has 0 saturated heterocycles. The van der Waals surface area contributed by atoms with Gasteiger partial charge in [-0.3, -0.25) is 4.79 Å². The maximum atomic E-state index is 13.3. The Labute approximate surface area is 210 Å². The summed E-state index contributed by atoms with van der Waals surface area (Å²) in [5.74, 6) is -0.142. The highest BCUT2D eigenvalue weighted by molar-refractivity contribution is 9.11. The summed E-state index contributed by atoms with van der Waals surface area (Å²) in [6.07, 6.45) is -3.26.